The molecule has 148 valence electrons. The van der Waals surface area contributed by atoms with Gasteiger partial charge >= 0.3 is 0 Å². The highest BCUT2D eigenvalue weighted by Gasteiger charge is 2.49. The molecule has 2 aromatic rings. The predicted molar refractivity (Wildman–Crippen MR) is 112 cm³/mol. The van der Waals surface area contributed by atoms with Crippen LogP contribution in [-0.4, -0.2) is 55.6 Å². The maximum absolute atomic E-state index is 13.5. The number of nitrogens with zero attached hydrogens (tertiary/aromatic N) is 2. The second kappa shape index (κ2) is 8.24. The smallest absolute Gasteiger partial charge is 0.255 e. The van der Waals surface area contributed by atoms with Gasteiger partial charge in [0.05, 0.1) is 23.2 Å². The number of fused-ring (bicyclic) bond motifs is 1. The molecule has 2 saturated heterocycles. The van der Waals surface area contributed by atoms with Crippen molar-refractivity contribution < 1.29 is 9.53 Å². The maximum Gasteiger partial charge on any atom is 0.255 e. The summed E-state index contributed by atoms with van der Waals surface area (Å²) in [5.41, 5.74) is 3.09. The molecular formula is C23H27ClN2O2. The molecule has 0 bridgehead atoms. The number of carbonyl (C=O) groups excluding carboxylic acids is 1. The molecule has 0 N–H and O–H groups in total. The first-order valence-corrected chi connectivity index (χ1v) is 10.3. The number of carbonyl (C=O) groups is 1. The van der Waals surface area contributed by atoms with Gasteiger partial charge in [0.25, 0.3) is 5.91 Å². The van der Waals surface area contributed by atoms with E-state index in [1.54, 1.807) is 13.2 Å². The summed E-state index contributed by atoms with van der Waals surface area (Å²) >= 11 is 6.35. The van der Waals surface area contributed by atoms with Crippen molar-refractivity contribution in [2.45, 2.75) is 13.0 Å². The molecule has 0 radical (unpaired) electrons. The normalized spacial score (nSPS) is 24.5. The van der Waals surface area contributed by atoms with Crippen LogP contribution in [0.15, 0.2) is 48.5 Å². The Morgan fingerprint density at radius 1 is 1.11 bits per heavy atom. The Kier molecular flexibility index (Phi) is 5.72. The Hall–Kier alpha value is -1.88. The molecule has 2 heterocycles. The minimum atomic E-state index is 0.0386. The number of likely N-dealkylation sites (tertiary alicyclic amines) is 2. The van der Waals surface area contributed by atoms with Gasteiger partial charge in [0.2, 0.25) is 0 Å². The molecular weight excluding hydrogens is 372 g/mol. The van der Waals surface area contributed by atoms with Gasteiger partial charge in [-0.3, -0.25) is 4.79 Å². The Balaban J connectivity index is 1.66. The predicted octanol–water partition coefficient (Wildman–Crippen LogP) is 4.04. The van der Waals surface area contributed by atoms with Gasteiger partial charge in [-0.05, 0) is 36.1 Å². The van der Waals surface area contributed by atoms with Gasteiger partial charge in [-0.15, -0.1) is 0 Å². The number of rotatable bonds is 5. The van der Waals surface area contributed by atoms with Gasteiger partial charge in [-0.2, -0.15) is 0 Å². The summed E-state index contributed by atoms with van der Waals surface area (Å²) in [5.74, 6) is 0.953. The molecule has 3 atom stereocenters. The van der Waals surface area contributed by atoms with Crippen molar-refractivity contribution in [3.63, 3.8) is 0 Å². The van der Waals surface area contributed by atoms with Crippen LogP contribution in [0, 0.1) is 18.8 Å². The fourth-order valence-corrected chi connectivity index (χ4v) is 5.07. The molecule has 5 heteroatoms. The number of halogens is 1. The van der Waals surface area contributed by atoms with Gasteiger partial charge in [-0.25, -0.2) is 0 Å². The van der Waals surface area contributed by atoms with Crippen LogP contribution in [0.4, 0.5) is 0 Å². The van der Waals surface area contributed by atoms with E-state index in [4.69, 9.17) is 16.3 Å². The maximum atomic E-state index is 13.5. The number of benzene rings is 2. The lowest BCUT2D eigenvalue weighted by Crippen LogP contribution is -2.36. The fourth-order valence-electron chi connectivity index (χ4n) is 4.86. The van der Waals surface area contributed by atoms with Gasteiger partial charge in [0.15, 0.2) is 0 Å². The van der Waals surface area contributed by atoms with E-state index in [1.807, 2.05) is 18.2 Å². The van der Waals surface area contributed by atoms with Crippen molar-refractivity contribution in [2.24, 2.45) is 11.8 Å². The van der Waals surface area contributed by atoms with E-state index in [-0.39, 0.29) is 11.9 Å². The summed E-state index contributed by atoms with van der Waals surface area (Å²) in [5, 5.41) is 0.523. The topological polar surface area (TPSA) is 32.8 Å². The zero-order valence-corrected chi connectivity index (χ0v) is 17.2. The van der Waals surface area contributed by atoms with Gasteiger partial charge in [0, 0.05) is 39.2 Å². The van der Waals surface area contributed by atoms with Crippen molar-refractivity contribution in [1.82, 2.24) is 9.80 Å². The number of ether oxygens (including phenoxy) is 1. The lowest BCUT2D eigenvalue weighted by molar-refractivity contribution is 0.0694. The Bertz CT molecular complexity index is 856. The highest BCUT2D eigenvalue weighted by atomic mass is 35.5. The van der Waals surface area contributed by atoms with Crippen molar-refractivity contribution >= 4 is 17.5 Å². The van der Waals surface area contributed by atoms with E-state index in [9.17, 15) is 4.79 Å². The number of hydrogen-bond acceptors (Lipinski definition) is 3. The molecule has 2 aliphatic rings. The van der Waals surface area contributed by atoms with Crippen LogP contribution in [0.3, 0.4) is 0 Å². The third kappa shape index (κ3) is 3.57. The van der Waals surface area contributed by atoms with E-state index in [2.05, 4.69) is 41.0 Å². The van der Waals surface area contributed by atoms with Crippen molar-refractivity contribution in [1.29, 1.82) is 0 Å². The number of aryl methyl sites for hydroxylation is 1. The van der Waals surface area contributed by atoms with Gasteiger partial charge in [-0.1, -0.05) is 48.0 Å². The van der Waals surface area contributed by atoms with Crippen LogP contribution in [-0.2, 0) is 4.74 Å². The van der Waals surface area contributed by atoms with Crippen molar-refractivity contribution in [2.75, 3.05) is 39.9 Å². The van der Waals surface area contributed by atoms with Crippen LogP contribution in [0.5, 0.6) is 0 Å². The molecule has 0 aromatic heterocycles. The highest BCUT2D eigenvalue weighted by molar-refractivity contribution is 6.33. The van der Waals surface area contributed by atoms with Gasteiger partial charge < -0.3 is 14.5 Å². The SMILES string of the molecule is COCCN1C[C@H]2CN(C(=O)c3ccccc3Cl)[C@H](c3ccccc3C)[C@H]2C1. The van der Waals surface area contributed by atoms with Crippen molar-refractivity contribution in [3.05, 3.63) is 70.2 Å². The summed E-state index contributed by atoms with van der Waals surface area (Å²) in [6, 6.07) is 15.9. The molecule has 4 rings (SSSR count). The molecule has 0 spiro atoms. The van der Waals surface area contributed by atoms with Gasteiger partial charge in [0.1, 0.15) is 0 Å². The number of methoxy groups -OCH3 is 1. The Morgan fingerprint density at radius 2 is 1.86 bits per heavy atom. The summed E-state index contributed by atoms with van der Waals surface area (Å²) in [4.78, 5) is 18.0. The zero-order valence-electron chi connectivity index (χ0n) is 16.5. The van der Waals surface area contributed by atoms with Crippen LogP contribution in [0.1, 0.15) is 27.5 Å². The second-order valence-corrected chi connectivity index (χ2v) is 8.32. The minimum Gasteiger partial charge on any atom is -0.383 e. The van der Waals surface area contributed by atoms with E-state index in [0.717, 1.165) is 32.8 Å². The first kappa shape index (κ1) is 19.4. The largest absolute Gasteiger partial charge is 0.383 e. The fraction of sp³-hybridized carbons (Fsp3) is 0.435. The average Bonchev–Trinajstić information content (AvgIpc) is 3.24. The Labute approximate surface area is 172 Å². The first-order valence-electron chi connectivity index (χ1n) is 9.92. The van der Waals surface area contributed by atoms with E-state index < -0.39 is 0 Å². The minimum absolute atomic E-state index is 0.0386. The summed E-state index contributed by atoms with van der Waals surface area (Å²) in [7, 11) is 1.75. The van der Waals surface area contributed by atoms with Crippen molar-refractivity contribution in [3.8, 4) is 0 Å². The molecule has 28 heavy (non-hydrogen) atoms. The van der Waals surface area contributed by atoms with E-state index in [0.29, 0.717) is 22.4 Å². The second-order valence-electron chi connectivity index (χ2n) is 7.92. The average molecular weight is 399 g/mol. The van der Waals surface area contributed by atoms with Crippen LogP contribution in [0.25, 0.3) is 0 Å². The molecule has 2 aliphatic heterocycles. The molecule has 1 amide bonds. The Morgan fingerprint density at radius 3 is 2.61 bits per heavy atom. The quantitative estimate of drug-likeness (QED) is 0.762. The highest BCUT2D eigenvalue weighted by Crippen LogP contribution is 2.46. The van der Waals surface area contributed by atoms with E-state index >= 15 is 0 Å². The molecule has 4 nitrogen and oxygen atoms in total. The number of amides is 1. The third-order valence-corrected chi connectivity index (χ3v) is 6.55. The number of hydrogen-bond donors (Lipinski definition) is 0. The molecule has 0 aliphatic carbocycles. The lowest BCUT2D eigenvalue weighted by atomic mass is 9.87. The monoisotopic (exact) mass is 398 g/mol. The van der Waals surface area contributed by atoms with Crippen LogP contribution >= 0.6 is 11.6 Å². The molecule has 0 unspecified atom stereocenters. The third-order valence-electron chi connectivity index (χ3n) is 6.22. The lowest BCUT2D eigenvalue weighted by Gasteiger charge is -2.31. The summed E-state index contributed by atoms with van der Waals surface area (Å²) in [6.07, 6.45) is 0. The van der Waals surface area contributed by atoms with Crippen LogP contribution in [0.2, 0.25) is 5.02 Å². The standard InChI is InChI=1S/C23H27ClN2O2/c1-16-7-3-4-8-18(16)22-20-15-25(11-12-28-2)13-17(20)14-26(22)23(27)19-9-5-6-10-21(19)24/h3-10,17,20,22H,11-15H2,1-2H3/t17-,20-,22+/m0/s1. The molecule has 0 saturated carbocycles. The molecule has 2 aromatic carbocycles. The summed E-state index contributed by atoms with van der Waals surface area (Å²) in [6.45, 7) is 6.62. The van der Waals surface area contributed by atoms with Crippen LogP contribution < -0.4 is 0 Å². The molecule has 2 fully saturated rings. The van der Waals surface area contributed by atoms with E-state index in [1.165, 1.54) is 11.1 Å². The zero-order chi connectivity index (χ0) is 19.7. The summed E-state index contributed by atoms with van der Waals surface area (Å²) < 4.78 is 5.27. The first-order chi connectivity index (χ1) is 13.6.